The van der Waals surface area contributed by atoms with Crippen molar-refractivity contribution in [3.8, 4) is 6.07 Å². The quantitative estimate of drug-likeness (QED) is 0.832. The van der Waals surface area contributed by atoms with Gasteiger partial charge in [-0.2, -0.15) is 5.26 Å². The van der Waals surface area contributed by atoms with Crippen LogP contribution >= 0.6 is 27.7 Å². The van der Waals surface area contributed by atoms with Crippen LogP contribution in [0.15, 0.2) is 53.0 Å². The smallest absolute Gasteiger partial charge is 0.237 e. The number of nitrogens with one attached hydrogen (secondary N) is 1. The van der Waals surface area contributed by atoms with E-state index in [4.69, 9.17) is 5.26 Å². The van der Waals surface area contributed by atoms with Gasteiger partial charge in [0.2, 0.25) is 5.91 Å². The van der Waals surface area contributed by atoms with E-state index in [-0.39, 0.29) is 11.2 Å². The van der Waals surface area contributed by atoms with Gasteiger partial charge < -0.3 is 5.32 Å². The Morgan fingerprint density at radius 3 is 2.73 bits per heavy atom. The molecule has 2 aromatic rings. The SMILES string of the molecule is CC(SCc1cccc(C#N)c1)C(=O)Nc1ccc(Br)cc1. The third kappa shape index (κ3) is 4.90. The average Bonchev–Trinajstić information content (AvgIpc) is 2.54. The minimum Gasteiger partial charge on any atom is -0.325 e. The summed E-state index contributed by atoms with van der Waals surface area (Å²) in [6.07, 6.45) is 0. The predicted octanol–water partition coefficient (Wildman–Crippen LogP) is 4.58. The number of hydrogen-bond donors (Lipinski definition) is 1. The van der Waals surface area contributed by atoms with E-state index in [9.17, 15) is 4.79 Å². The summed E-state index contributed by atoms with van der Waals surface area (Å²) in [7, 11) is 0. The second kappa shape index (κ2) is 8.02. The first-order chi connectivity index (χ1) is 10.6. The van der Waals surface area contributed by atoms with Gasteiger partial charge in [0.15, 0.2) is 0 Å². The molecule has 1 amide bonds. The maximum Gasteiger partial charge on any atom is 0.237 e. The summed E-state index contributed by atoms with van der Waals surface area (Å²) in [6.45, 7) is 1.88. The van der Waals surface area contributed by atoms with Gasteiger partial charge in [-0.1, -0.05) is 28.1 Å². The zero-order valence-electron chi connectivity index (χ0n) is 12.0. The normalized spacial score (nSPS) is 11.5. The van der Waals surface area contributed by atoms with E-state index in [0.717, 1.165) is 15.7 Å². The van der Waals surface area contributed by atoms with Crippen molar-refractivity contribution in [2.75, 3.05) is 5.32 Å². The first-order valence-electron chi connectivity index (χ1n) is 6.75. The Morgan fingerprint density at radius 2 is 2.05 bits per heavy atom. The number of nitriles is 1. The molecule has 1 atom stereocenters. The van der Waals surface area contributed by atoms with E-state index < -0.39 is 0 Å². The van der Waals surface area contributed by atoms with Crippen molar-refractivity contribution in [1.82, 2.24) is 0 Å². The molecule has 112 valence electrons. The lowest BCUT2D eigenvalue weighted by atomic mass is 10.2. The lowest BCUT2D eigenvalue weighted by Crippen LogP contribution is -2.22. The molecule has 0 spiro atoms. The van der Waals surface area contributed by atoms with Gasteiger partial charge in [0, 0.05) is 15.9 Å². The topological polar surface area (TPSA) is 52.9 Å². The Labute approximate surface area is 142 Å². The lowest BCUT2D eigenvalue weighted by molar-refractivity contribution is -0.115. The maximum absolute atomic E-state index is 12.1. The van der Waals surface area contributed by atoms with Crippen LogP contribution in [0.1, 0.15) is 18.1 Å². The van der Waals surface area contributed by atoms with Crippen molar-refractivity contribution in [2.45, 2.75) is 17.9 Å². The molecule has 0 heterocycles. The first-order valence-corrected chi connectivity index (χ1v) is 8.60. The van der Waals surface area contributed by atoms with E-state index >= 15 is 0 Å². The molecule has 0 fully saturated rings. The molecule has 3 nitrogen and oxygen atoms in total. The van der Waals surface area contributed by atoms with Crippen LogP contribution in [0.3, 0.4) is 0 Å². The van der Waals surface area contributed by atoms with Crippen LogP contribution < -0.4 is 5.32 Å². The Hall–Kier alpha value is -1.77. The van der Waals surface area contributed by atoms with E-state index in [1.54, 1.807) is 17.8 Å². The summed E-state index contributed by atoms with van der Waals surface area (Å²) >= 11 is 4.91. The first kappa shape index (κ1) is 16.6. The molecule has 0 aliphatic heterocycles. The second-order valence-corrected chi connectivity index (χ2v) is 7.01. The van der Waals surface area contributed by atoms with Crippen LogP contribution in [0.4, 0.5) is 5.69 Å². The molecular formula is C17H15BrN2OS. The van der Waals surface area contributed by atoms with Crippen molar-refractivity contribution in [2.24, 2.45) is 0 Å². The summed E-state index contributed by atoms with van der Waals surface area (Å²) < 4.78 is 0.977. The van der Waals surface area contributed by atoms with Crippen molar-refractivity contribution >= 4 is 39.3 Å². The average molecular weight is 375 g/mol. The number of carbonyl (C=O) groups excluding carboxylic acids is 1. The predicted molar refractivity (Wildman–Crippen MR) is 94.7 cm³/mol. The molecule has 22 heavy (non-hydrogen) atoms. The van der Waals surface area contributed by atoms with Gasteiger partial charge in [-0.15, -0.1) is 11.8 Å². The summed E-state index contributed by atoms with van der Waals surface area (Å²) in [5.41, 5.74) is 2.48. The Bertz CT molecular complexity index is 695. The molecular weight excluding hydrogens is 360 g/mol. The highest BCUT2D eigenvalue weighted by molar-refractivity contribution is 9.10. The van der Waals surface area contributed by atoms with Crippen molar-refractivity contribution in [3.63, 3.8) is 0 Å². The molecule has 0 saturated heterocycles. The summed E-state index contributed by atoms with van der Waals surface area (Å²) in [5.74, 6) is 0.675. The van der Waals surface area contributed by atoms with Gasteiger partial charge >= 0.3 is 0 Å². The second-order valence-electron chi connectivity index (χ2n) is 4.76. The van der Waals surface area contributed by atoms with Gasteiger partial charge in [-0.25, -0.2) is 0 Å². The third-order valence-electron chi connectivity index (χ3n) is 3.04. The number of benzene rings is 2. The molecule has 5 heteroatoms. The fourth-order valence-electron chi connectivity index (χ4n) is 1.80. The Balaban J connectivity index is 1.88. The third-order valence-corrected chi connectivity index (χ3v) is 4.78. The number of anilines is 1. The highest BCUT2D eigenvalue weighted by Crippen LogP contribution is 2.20. The van der Waals surface area contributed by atoms with Gasteiger partial charge in [0.1, 0.15) is 0 Å². The Morgan fingerprint density at radius 1 is 1.32 bits per heavy atom. The lowest BCUT2D eigenvalue weighted by Gasteiger charge is -2.12. The van der Waals surface area contributed by atoms with Crippen LogP contribution in [0.25, 0.3) is 0 Å². The molecule has 0 aliphatic carbocycles. The number of thioether (sulfide) groups is 1. The summed E-state index contributed by atoms with van der Waals surface area (Å²) in [4.78, 5) is 12.1. The minimum absolute atomic E-state index is 0.0243. The minimum atomic E-state index is -0.172. The molecule has 2 aromatic carbocycles. The number of hydrogen-bond acceptors (Lipinski definition) is 3. The highest BCUT2D eigenvalue weighted by Gasteiger charge is 2.13. The van der Waals surface area contributed by atoms with Crippen LogP contribution in [-0.4, -0.2) is 11.2 Å². The summed E-state index contributed by atoms with van der Waals surface area (Å²) in [5, 5.41) is 11.6. The fourth-order valence-corrected chi connectivity index (χ4v) is 2.90. The molecule has 0 aliphatic rings. The summed E-state index contributed by atoms with van der Waals surface area (Å²) in [6, 6.07) is 17.1. The fraction of sp³-hybridized carbons (Fsp3) is 0.176. The van der Waals surface area contributed by atoms with Crippen LogP contribution in [0.5, 0.6) is 0 Å². The number of amides is 1. The van der Waals surface area contributed by atoms with Crippen LogP contribution in [0.2, 0.25) is 0 Å². The molecule has 0 saturated carbocycles. The van der Waals surface area contributed by atoms with Gasteiger partial charge in [-0.3, -0.25) is 4.79 Å². The number of rotatable bonds is 5. The molecule has 2 rings (SSSR count). The molecule has 0 bridgehead atoms. The van der Waals surface area contributed by atoms with Crippen molar-refractivity contribution < 1.29 is 4.79 Å². The van der Waals surface area contributed by atoms with Gasteiger partial charge in [0.25, 0.3) is 0 Å². The van der Waals surface area contributed by atoms with Gasteiger partial charge in [0.05, 0.1) is 16.9 Å². The molecule has 1 unspecified atom stereocenters. The molecule has 1 N–H and O–H groups in total. The van der Waals surface area contributed by atoms with E-state index in [0.29, 0.717) is 11.3 Å². The van der Waals surface area contributed by atoms with Crippen molar-refractivity contribution in [1.29, 1.82) is 5.26 Å². The zero-order chi connectivity index (χ0) is 15.9. The standard InChI is InChI=1S/C17H15BrN2OS/c1-12(17(21)20-16-7-5-15(18)6-8-16)22-11-14-4-2-3-13(9-14)10-19/h2-9,12H,11H2,1H3,(H,20,21). The number of halogens is 1. The van der Waals surface area contributed by atoms with E-state index in [2.05, 4.69) is 27.3 Å². The van der Waals surface area contributed by atoms with Crippen LogP contribution in [0, 0.1) is 11.3 Å². The van der Waals surface area contributed by atoms with E-state index in [1.807, 2.05) is 49.4 Å². The van der Waals surface area contributed by atoms with Crippen molar-refractivity contribution in [3.05, 3.63) is 64.1 Å². The number of carbonyl (C=O) groups is 1. The van der Waals surface area contributed by atoms with E-state index in [1.165, 1.54) is 0 Å². The zero-order valence-corrected chi connectivity index (χ0v) is 14.4. The molecule has 0 radical (unpaired) electrons. The van der Waals surface area contributed by atoms with Crippen LogP contribution in [-0.2, 0) is 10.5 Å². The molecule has 0 aromatic heterocycles. The maximum atomic E-state index is 12.1. The Kier molecular flexibility index (Phi) is 6.05. The highest BCUT2D eigenvalue weighted by atomic mass is 79.9. The monoisotopic (exact) mass is 374 g/mol. The van der Waals surface area contributed by atoms with Gasteiger partial charge in [-0.05, 0) is 48.9 Å². The number of nitrogens with zero attached hydrogens (tertiary/aromatic N) is 1. The largest absolute Gasteiger partial charge is 0.325 e.